The van der Waals surface area contributed by atoms with Gasteiger partial charge >= 0.3 is 0 Å². The SMILES string of the molecule is COc1c(-c2ccccc2)c(-c2ccccc2)c(Oc2c(F)c(F)c(-c3c(F)c(F)c(C)c(F)c3F)c(F)c2F)c(-c2ccccc2)c1-c1ccc(P(C)(C)=O)cc1.COc1c(-c2ccccc2)c(-c2ccccc2)c(Oc2c(F)c(F)c(-c3c(F)c(F)c(C)c(F)c3F)c(F)c2F)c(-c2ccccc2)c1-c1ccccc1. The van der Waals surface area contributed by atoms with Gasteiger partial charge in [-0.1, -0.05) is 237 Å². The minimum atomic E-state index is -2.74. The fourth-order valence-corrected chi connectivity index (χ4v) is 14.3. The molecule has 14 aromatic rings. The maximum Gasteiger partial charge on any atom is 0.205 e. The number of hydrogen-bond acceptors (Lipinski definition) is 5. The Labute approximate surface area is 631 Å². The van der Waals surface area contributed by atoms with Crippen LogP contribution in [-0.2, 0) is 4.57 Å². The van der Waals surface area contributed by atoms with Gasteiger partial charge in [0.1, 0.15) is 30.1 Å². The molecular weight excluding hydrogens is 1500 g/mol. The lowest BCUT2D eigenvalue weighted by Gasteiger charge is -2.27. The van der Waals surface area contributed by atoms with Crippen LogP contribution in [0, 0.1) is 107 Å². The normalized spacial score (nSPS) is 11.3. The van der Waals surface area contributed by atoms with E-state index in [2.05, 4.69) is 0 Å². The molecule has 0 unspecified atom stereocenters. The summed E-state index contributed by atoms with van der Waals surface area (Å²) in [7, 11) is 0.140. The fourth-order valence-electron chi connectivity index (χ4n) is 13.4. The fraction of sp³-hybridized carbons (Fsp3) is 0.0667. The Balaban J connectivity index is 0.000000197. The Kier molecular flexibility index (Phi) is 22.0. The molecule has 0 aromatic heterocycles. The molecule has 0 saturated heterocycles. The van der Waals surface area contributed by atoms with Crippen LogP contribution < -0.4 is 24.3 Å². The van der Waals surface area contributed by atoms with Gasteiger partial charge in [0.15, 0.2) is 69.8 Å². The molecule has 0 N–H and O–H groups in total. The van der Waals surface area contributed by atoms with Gasteiger partial charge in [0.05, 0.1) is 36.5 Å². The van der Waals surface area contributed by atoms with Crippen molar-refractivity contribution in [3.05, 3.63) is 341 Å². The van der Waals surface area contributed by atoms with Crippen molar-refractivity contribution in [3.63, 3.8) is 0 Å². The monoisotopic (exact) mass is 1550 g/mol. The number of hydrogen-bond donors (Lipinski definition) is 0. The standard InChI is InChI=1S/C46H31F8O3P.C44H26F8O2/c1-24-36(47)38(49)34(39(50)37(24)48)35-40(51)42(53)46(43(54)41(35)52)57-45-32(26-16-10-6-11-17-26)30(25-14-8-5-9-15-25)44(56-2)31(33(45)27-18-12-7-13-19-27)28-20-22-29(23-21-28)58(3,4)55;1-23-34(45)36(47)32(37(48)35(23)46)33-38(49)40(51)44(41(52)39(33)50)54-43-30(26-19-11-5-12-20-26)28(24-15-7-3-8-16-24)42(53-2)29(25-17-9-4-10-18-25)31(43)27-21-13-6-14-22-27/h5-23H,1-4H3;3-22H,1-2H3. The minimum Gasteiger partial charge on any atom is -0.495 e. The second-order valence-corrected chi connectivity index (χ2v) is 29.0. The van der Waals surface area contributed by atoms with Gasteiger partial charge < -0.3 is 23.5 Å². The average molecular weight is 1550 g/mol. The molecule has 0 fully saturated rings. The second kappa shape index (κ2) is 31.8. The highest BCUT2D eigenvalue weighted by atomic mass is 31.2. The summed E-state index contributed by atoms with van der Waals surface area (Å²) in [6.45, 7) is 4.57. The molecule has 0 aliphatic rings. The third-order valence-electron chi connectivity index (χ3n) is 18.8. The first kappa shape index (κ1) is 77.5. The van der Waals surface area contributed by atoms with Crippen molar-refractivity contribution < 1.29 is 93.8 Å². The molecular formula is C90H57F16O5P. The molecule has 0 amide bonds. The molecule has 0 bridgehead atoms. The van der Waals surface area contributed by atoms with Crippen LogP contribution in [0.5, 0.6) is 34.5 Å². The molecule has 564 valence electrons. The van der Waals surface area contributed by atoms with Crippen LogP contribution in [-0.4, -0.2) is 27.5 Å². The maximum atomic E-state index is 16.4. The molecule has 0 aliphatic carbocycles. The highest BCUT2D eigenvalue weighted by Crippen LogP contribution is 2.61. The van der Waals surface area contributed by atoms with E-state index in [1.165, 1.54) is 14.2 Å². The Morgan fingerprint density at radius 2 is 0.375 bits per heavy atom. The van der Waals surface area contributed by atoms with Crippen LogP contribution in [0.2, 0.25) is 0 Å². The minimum absolute atomic E-state index is 0.128. The smallest absolute Gasteiger partial charge is 0.205 e. The lowest BCUT2D eigenvalue weighted by molar-refractivity contribution is 0.367. The number of ether oxygens (including phenoxy) is 4. The van der Waals surface area contributed by atoms with Crippen LogP contribution in [0.3, 0.4) is 0 Å². The highest BCUT2D eigenvalue weighted by Gasteiger charge is 2.40. The van der Waals surface area contributed by atoms with Gasteiger partial charge in [-0.05, 0) is 71.7 Å². The van der Waals surface area contributed by atoms with Crippen molar-refractivity contribution in [3.8, 4) is 146 Å². The van der Waals surface area contributed by atoms with Gasteiger partial charge in [-0.2, -0.15) is 17.6 Å². The molecule has 0 atom stereocenters. The van der Waals surface area contributed by atoms with Crippen molar-refractivity contribution >= 4 is 12.4 Å². The van der Waals surface area contributed by atoms with E-state index in [1.807, 2.05) is 0 Å². The zero-order valence-corrected chi connectivity index (χ0v) is 60.4. The molecule has 112 heavy (non-hydrogen) atoms. The zero-order chi connectivity index (χ0) is 79.9. The Morgan fingerprint density at radius 3 is 0.554 bits per heavy atom. The lowest BCUT2D eigenvalue weighted by atomic mass is 9.83. The average Bonchev–Trinajstić information content (AvgIpc) is 0.729. The third-order valence-corrected chi connectivity index (χ3v) is 20.3. The predicted octanol–water partition coefficient (Wildman–Crippen LogP) is 26.7. The van der Waals surface area contributed by atoms with Crippen LogP contribution in [0.15, 0.2) is 237 Å². The van der Waals surface area contributed by atoms with Crippen molar-refractivity contribution in [2.45, 2.75) is 13.8 Å². The summed E-state index contributed by atoms with van der Waals surface area (Å²) in [5.41, 5.74) is -4.43. The topological polar surface area (TPSA) is 54.0 Å². The van der Waals surface area contributed by atoms with Crippen molar-refractivity contribution in [1.29, 1.82) is 0 Å². The Bertz CT molecular complexity index is 5800. The van der Waals surface area contributed by atoms with Crippen LogP contribution in [0.1, 0.15) is 11.1 Å². The van der Waals surface area contributed by atoms with Crippen LogP contribution in [0.25, 0.3) is 111 Å². The molecule has 14 rings (SSSR count). The maximum absolute atomic E-state index is 16.4. The predicted molar refractivity (Wildman–Crippen MR) is 401 cm³/mol. The molecule has 0 aliphatic heterocycles. The largest absolute Gasteiger partial charge is 0.495 e. The van der Waals surface area contributed by atoms with Gasteiger partial charge in [-0.3, -0.25) is 0 Å². The zero-order valence-electron chi connectivity index (χ0n) is 59.6. The van der Waals surface area contributed by atoms with E-state index in [4.69, 9.17) is 18.9 Å². The van der Waals surface area contributed by atoms with E-state index in [1.54, 1.807) is 250 Å². The first-order valence-corrected chi connectivity index (χ1v) is 36.7. The van der Waals surface area contributed by atoms with Gasteiger partial charge in [0.2, 0.25) is 34.8 Å². The van der Waals surface area contributed by atoms with Crippen LogP contribution >= 0.6 is 7.14 Å². The molecule has 0 saturated carbocycles. The summed E-state index contributed by atoms with van der Waals surface area (Å²) >= 11 is 0. The van der Waals surface area contributed by atoms with Gasteiger partial charge in [0.25, 0.3) is 0 Å². The Hall–Kier alpha value is -12.6. The van der Waals surface area contributed by atoms with Crippen molar-refractivity contribution in [2.75, 3.05) is 27.5 Å². The molecule has 14 aromatic carbocycles. The van der Waals surface area contributed by atoms with E-state index >= 15 is 52.7 Å². The summed E-state index contributed by atoms with van der Waals surface area (Å²) < 4.78 is 286. The summed E-state index contributed by atoms with van der Waals surface area (Å²) in [5, 5.41) is 0.550. The number of benzene rings is 14. The van der Waals surface area contributed by atoms with E-state index in [0.717, 1.165) is 0 Å². The van der Waals surface area contributed by atoms with E-state index in [0.29, 0.717) is 91.7 Å². The van der Waals surface area contributed by atoms with Gasteiger partial charge in [0, 0.05) is 60.9 Å². The number of methoxy groups -OCH3 is 2. The quantitative estimate of drug-likeness (QED) is 0.0517. The van der Waals surface area contributed by atoms with E-state index in [-0.39, 0.29) is 39.5 Å². The van der Waals surface area contributed by atoms with Crippen molar-refractivity contribution in [1.82, 2.24) is 0 Å². The molecule has 0 heterocycles. The molecule has 0 radical (unpaired) electrons. The molecule has 22 heteroatoms. The van der Waals surface area contributed by atoms with Crippen molar-refractivity contribution in [2.24, 2.45) is 0 Å². The highest BCUT2D eigenvalue weighted by molar-refractivity contribution is 7.70. The van der Waals surface area contributed by atoms with Gasteiger partial charge in [-0.15, -0.1) is 0 Å². The van der Waals surface area contributed by atoms with E-state index in [9.17, 15) is 22.1 Å². The summed E-state index contributed by atoms with van der Waals surface area (Å²) in [4.78, 5) is 0. The third kappa shape index (κ3) is 13.9. The first-order valence-electron chi connectivity index (χ1n) is 34.1. The second-order valence-electron chi connectivity index (χ2n) is 25.8. The Morgan fingerprint density at radius 1 is 0.205 bits per heavy atom. The summed E-state index contributed by atoms with van der Waals surface area (Å²) in [5.74, 6) is -38.8. The lowest BCUT2D eigenvalue weighted by Crippen LogP contribution is -2.10. The molecule has 0 spiro atoms. The molecule has 5 nitrogen and oxygen atoms in total. The number of halogens is 16. The van der Waals surface area contributed by atoms with Gasteiger partial charge in [-0.25, -0.2) is 52.7 Å². The summed E-state index contributed by atoms with van der Waals surface area (Å²) in [6.07, 6.45) is 0. The summed E-state index contributed by atoms with van der Waals surface area (Å²) in [6, 6.07) is 66.9. The number of rotatable bonds is 17. The first-order chi connectivity index (χ1) is 53.7. The van der Waals surface area contributed by atoms with Crippen LogP contribution in [0.4, 0.5) is 70.2 Å². The van der Waals surface area contributed by atoms with E-state index < -0.39 is 145 Å².